The van der Waals surface area contributed by atoms with E-state index in [1.165, 1.54) is 36.4 Å². The van der Waals surface area contributed by atoms with Gasteiger partial charge in [0.1, 0.15) is 17.2 Å². The van der Waals surface area contributed by atoms with E-state index >= 15 is 0 Å². The van der Waals surface area contributed by atoms with Crippen LogP contribution in [0.2, 0.25) is 5.02 Å². The summed E-state index contributed by atoms with van der Waals surface area (Å²) >= 11 is 5.95. The molecule has 3 aromatic rings. The maximum Gasteiger partial charge on any atom is 0.274 e. The molecule has 0 aliphatic carbocycles. The van der Waals surface area contributed by atoms with Gasteiger partial charge >= 0.3 is 0 Å². The van der Waals surface area contributed by atoms with Crippen molar-refractivity contribution < 1.29 is 14.0 Å². The number of hydrogen-bond acceptors (Lipinski definition) is 3. The molecule has 5 nitrogen and oxygen atoms in total. The predicted octanol–water partition coefficient (Wildman–Crippen LogP) is 4.69. The third-order valence-corrected chi connectivity index (χ3v) is 4.02. The summed E-state index contributed by atoms with van der Waals surface area (Å²) in [5, 5.41) is 5.64. The van der Waals surface area contributed by atoms with Crippen LogP contribution in [0, 0.1) is 12.7 Å². The standard InChI is InChI=1S/C20H15ClFN3O2/c1-12-9-10-13(21)11-18(12)25-20(27)17-8-4-7-16(23-17)19(26)24-15-6-3-2-5-14(15)22/h2-11H,1H3,(H,24,26)(H,25,27). The zero-order valence-corrected chi connectivity index (χ0v) is 15.0. The highest BCUT2D eigenvalue weighted by Gasteiger charge is 2.14. The van der Waals surface area contributed by atoms with Gasteiger partial charge in [0.15, 0.2) is 0 Å². The Balaban J connectivity index is 1.78. The third-order valence-electron chi connectivity index (χ3n) is 3.78. The third kappa shape index (κ3) is 4.48. The Bertz CT molecular complexity index is 1020. The van der Waals surface area contributed by atoms with Gasteiger partial charge < -0.3 is 10.6 Å². The molecule has 0 spiro atoms. The predicted molar refractivity (Wildman–Crippen MR) is 103 cm³/mol. The molecule has 0 aliphatic rings. The van der Waals surface area contributed by atoms with Crippen LogP contribution in [0.5, 0.6) is 0 Å². The molecule has 1 heterocycles. The van der Waals surface area contributed by atoms with Crippen molar-refractivity contribution in [3.8, 4) is 0 Å². The molecule has 0 unspecified atom stereocenters. The molecule has 0 radical (unpaired) electrons. The van der Waals surface area contributed by atoms with Gasteiger partial charge in [0.05, 0.1) is 5.69 Å². The average molecular weight is 384 g/mol. The lowest BCUT2D eigenvalue weighted by atomic mass is 10.2. The number of nitrogens with one attached hydrogen (secondary N) is 2. The molecule has 0 bridgehead atoms. The highest BCUT2D eigenvalue weighted by Crippen LogP contribution is 2.21. The molecule has 2 aromatic carbocycles. The van der Waals surface area contributed by atoms with E-state index in [4.69, 9.17) is 11.6 Å². The van der Waals surface area contributed by atoms with E-state index in [1.54, 1.807) is 24.3 Å². The molecule has 1 aromatic heterocycles. The number of rotatable bonds is 4. The van der Waals surface area contributed by atoms with E-state index in [9.17, 15) is 14.0 Å². The first kappa shape index (κ1) is 18.5. The van der Waals surface area contributed by atoms with Gasteiger partial charge in [-0.25, -0.2) is 9.37 Å². The molecule has 0 saturated heterocycles. The second-order valence-corrected chi connectivity index (χ2v) is 6.19. The first-order valence-electron chi connectivity index (χ1n) is 8.04. The number of halogens is 2. The van der Waals surface area contributed by atoms with Crippen molar-refractivity contribution in [3.05, 3.63) is 88.5 Å². The molecule has 7 heteroatoms. The number of aryl methyl sites for hydroxylation is 1. The molecule has 136 valence electrons. The van der Waals surface area contributed by atoms with Crippen molar-refractivity contribution in [3.63, 3.8) is 0 Å². The van der Waals surface area contributed by atoms with Crippen molar-refractivity contribution in [2.24, 2.45) is 0 Å². The molecule has 0 fully saturated rings. The monoisotopic (exact) mass is 383 g/mol. The van der Waals surface area contributed by atoms with Gasteiger partial charge in [0, 0.05) is 10.7 Å². The summed E-state index contributed by atoms with van der Waals surface area (Å²) in [4.78, 5) is 28.8. The number of hydrogen-bond donors (Lipinski definition) is 2. The number of para-hydroxylation sites is 1. The van der Waals surface area contributed by atoms with Gasteiger partial charge in [-0.1, -0.05) is 35.9 Å². The lowest BCUT2D eigenvalue weighted by Crippen LogP contribution is -2.19. The van der Waals surface area contributed by atoms with Crippen molar-refractivity contribution in [1.29, 1.82) is 0 Å². The minimum Gasteiger partial charge on any atom is -0.320 e. The zero-order valence-electron chi connectivity index (χ0n) is 14.3. The average Bonchev–Trinajstić information content (AvgIpc) is 2.66. The highest BCUT2D eigenvalue weighted by atomic mass is 35.5. The number of benzene rings is 2. The Morgan fingerprint density at radius 2 is 1.52 bits per heavy atom. The van der Waals surface area contributed by atoms with E-state index in [0.29, 0.717) is 10.7 Å². The molecule has 2 amide bonds. The minimum absolute atomic E-state index is 0.00582. The summed E-state index contributed by atoms with van der Waals surface area (Å²) in [5.74, 6) is -1.66. The maximum atomic E-state index is 13.7. The summed E-state index contributed by atoms with van der Waals surface area (Å²) < 4.78 is 13.7. The molecule has 27 heavy (non-hydrogen) atoms. The number of pyridine rings is 1. The lowest BCUT2D eigenvalue weighted by Gasteiger charge is -2.10. The molecule has 0 saturated carbocycles. The maximum absolute atomic E-state index is 13.7. The normalized spacial score (nSPS) is 10.3. The van der Waals surface area contributed by atoms with Crippen molar-refractivity contribution >= 4 is 34.8 Å². The van der Waals surface area contributed by atoms with Crippen LogP contribution in [0.15, 0.2) is 60.7 Å². The van der Waals surface area contributed by atoms with Crippen LogP contribution in [-0.4, -0.2) is 16.8 Å². The SMILES string of the molecule is Cc1ccc(Cl)cc1NC(=O)c1cccc(C(=O)Nc2ccccc2F)n1. The van der Waals surface area contributed by atoms with Gasteiger partial charge in [-0.15, -0.1) is 0 Å². The van der Waals surface area contributed by atoms with E-state index in [2.05, 4.69) is 15.6 Å². The summed E-state index contributed by atoms with van der Waals surface area (Å²) in [6.07, 6.45) is 0. The van der Waals surface area contributed by atoms with Gasteiger partial charge in [-0.2, -0.15) is 0 Å². The number of aromatic nitrogens is 1. The number of nitrogens with zero attached hydrogens (tertiary/aromatic N) is 1. The van der Waals surface area contributed by atoms with Crippen LogP contribution in [0.25, 0.3) is 0 Å². The second kappa shape index (κ2) is 7.97. The molecule has 3 rings (SSSR count). The molecular weight excluding hydrogens is 369 g/mol. The summed E-state index contributed by atoms with van der Waals surface area (Å²) in [5.41, 5.74) is 1.47. The number of carbonyl (C=O) groups excluding carboxylic acids is 2. The smallest absolute Gasteiger partial charge is 0.274 e. The summed E-state index contributed by atoms with van der Waals surface area (Å²) in [6.45, 7) is 1.83. The second-order valence-electron chi connectivity index (χ2n) is 5.76. The molecule has 0 atom stereocenters. The molecule has 0 aliphatic heterocycles. The van der Waals surface area contributed by atoms with Gasteiger partial charge in [0.2, 0.25) is 0 Å². The van der Waals surface area contributed by atoms with Crippen LogP contribution >= 0.6 is 11.6 Å². The van der Waals surface area contributed by atoms with Gasteiger partial charge in [-0.05, 0) is 48.9 Å². The number of amides is 2. The number of anilines is 2. The molecular formula is C20H15ClFN3O2. The first-order valence-corrected chi connectivity index (χ1v) is 8.42. The van der Waals surface area contributed by atoms with Crippen molar-refractivity contribution in [2.45, 2.75) is 6.92 Å². The fourth-order valence-electron chi connectivity index (χ4n) is 2.35. The van der Waals surface area contributed by atoms with Gasteiger partial charge in [0.25, 0.3) is 11.8 Å². The van der Waals surface area contributed by atoms with E-state index in [1.807, 2.05) is 6.92 Å². The summed E-state index contributed by atoms with van der Waals surface area (Å²) in [7, 11) is 0. The van der Waals surface area contributed by atoms with Crippen LogP contribution < -0.4 is 10.6 Å². The van der Waals surface area contributed by atoms with E-state index < -0.39 is 17.6 Å². The van der Waals surface area contributed by atoms with E-state index in [-0.39, 0.29) is 17.1 Å². The van der Waals surface area contributed by atoms with Crippen LogP contribution in [0.3, 0.4) is 0 Å². The Labute approximate surface area is 160 Å². The Hall–Kier alpha value is -3.25. The van der Waals surface area contributed by atoms with Crippen LogP contribution in [0.1, 0.15) is 26.5 Å². The quantitative estimate of drug-likeness (QED) is 0.686. The molecule has 2 N–H and O–H groups in total. The lowest BCUT2D eigenvalue weighted by molar-refractivity contribution is 0.101. The van der Waals surface area contributed by atoms with Crippen molar-refractivity contribution in [1.82, 2.24) is 4.98 Å². The fourth-order valence-corrected chi connectivity index (χ4v) is 2.52. The Kier molecular flexibility index (Phi) is 5.47. The van der Waals surface area contributed by atoms with Crippen LogP contribution in [-0.2, 0) is 0 Å². The van der Waals surface area contributed by atoms with Crippen molar-refractivity contribution in [2.75, 3.05) is 10.6 Å². The van der Waals surface area contributed by atoms with E-state index in [0.717, 1.165) is 5.56 Å². The van der Waals surface area contributed by atoms with Crippen LogP contribution in [0.4, 0.5) is 15.8 Å². The first-order chi connectivity index (χ1) is 12.9. The Morgan fingerprint density at radius 3 is 2.19 bits per heavy atom. The highest BCUT2D eigenvalue weighted by molar-refractivity contribution is 6.31. The van der Waals surface area contributed by atoms with Gasteiger partial charge in [-0.3, -0.25) is 9.59 Å². The summed E-state index contributed by atoms with van der Waals surface area (Å²) in [6, 6.07) is 15.4. The number of carbonyl (C=O) groups is 2. The fraction of sp³-hybridized carbons (Fsp3) is 0.0500. The topological polar surface area (TPSA) is 71.1 Å². The Morgan fingerprint density at radius 1 is 0.889 bits per heavy atom. The zero-order chi connectivity index (χ0) is 19.4. The largest absolute Gasteiger partial charge is 0.320 e. The minimum atomic E-state index is -0.617.